The van der Waals surface area contributed by atoms with Crippen LogP contribution in [-0.4, -0.2) is 36.5 Å². The van der Waals surface area contributed by atoms with Crippen LogP contribution in [-0.2, 0) is 0 Å². The van der Waals surface area contributed by atoms with Gasteiger partial charge in [-0.1, -0.05) is 12.8 Å². The van der Waals surface area contributed by atoms with E-state index in [1.54, 1.807) is 6.26 Å². The van der Waals surface area contributed by atoms with Crippen molar-refractivity contribution in [2.24, 2.45) is 5.92 Å². The Hall–Kier alpha value is -1.29. The molecule has 0 aliphatic carbocycles. The van der Waals surface area contributed by atoms with Gasteiger partial charge in [0, 0.05) is 12.6 Å². The molecule has 3 heterocycles. The first-order valence-electron chi connectivity index (χ1n) is 8.33. The third kappa shape index (κ3) is 3.15. The lowest BCUT2D eigenvalue weighted by molar-refractivity contribution is 0.0580. The summed E-state index contributed by atoms with van der Waals surface area (Å²) in [5.41, 5.74) is 0.746. The van der Waals surface area contributed by atoms with Crippen LogP contribution in [0.15, 0.2) is 16.7 Å². The van der Waals surface area contributed by atoms with Gasteiger partial charge in [-0.3, -0.25) is 4.79 Å². The maximum Gasteiger partial charge on any atom is 0.257 e. The standard InChI is InChI=1S/C17H26N2O2/c1-13-15(8-12-21-13)17(20)19-11-4-2-3-5-16(19)14-6-9-18-10-7-14/h8,12,14,16,18H,2-7,9-11H2,1H3. The van der Waals surface area contributed by atoms with Gasteiger partial charge in [0.05, 0.1) is 11.8 Å². The summed E-state index contributed by atoms with van der Waals surface area (Å²) in [4.78, 5) is 15.1. The maximum atomic E-state index is 12.9. The highest BCUT2D eigenvalue weighted by Gasteiger charge is 2.33. The monoisotopic (exact) mass is 290 g/mol. The lowest BCUT2D eigenvalue weighted by atomic mass is 9.86. The molecule has 3 rings (SSSR count). The van der Waals surface area contributed by atoms with Crippen LogP contribution in [0, 0.1) is 12.8 Å². The molecule has 116 valence electrons. The quantitative estimate of drug-likeness (QED) is 0.911. The van der Waals surface area contributed by atoms with Crippen molar-refractivity contribution >= 4 is 5.91 Å². The van der Waals surface area contributed by atoms with E-state index in [1.165, 1.54) is 25.7 Å². The first kappa shape index (κ1) is 14.6. The van der Waals surface area contributed by atoms with Crippen molar-refractivity contribution in [2.45, 2.75) is 51.5 Å². The minimum atomic E-state index is 0.173. The molecule has 21 heavy (non-hydrogen) atoms. The number of amides is 1. The van der Waals surface area contributed by atoms with Crippen molar-refractivity contribution in [3.8, 4) is 0 Å². The fourth-order valence-corrected chi connectivity index (χ4v) is 3.87. The van der Waals surface area contributed by atoms with Crippen LogP contribution in [0.2, 0.25) is 0 Å². The third-order valence-corrected chi connectivity index (χ3v) is 5.08. The molecule has 1 atom stereocenters. The molecule has 4 heteroatoms. The Kier molecular flexibility index (Phi) is 4.63. The average Bonchev–Trinajstić information content (AvgIpc) is 2.80. The number of piperidine rings is 1. The van der Waals surface area contributed by atoms with E-state index in [-0.39, 0.29) is 5.91 Å². The SMILES string of the molecule is Cc1occc1C(=O)N1CCCCCC1C1CCNCC1. The number of furan rings is 1. The lowest BCUT2D eigenvalue weighted by Crippen LogP contribution is -2.47. The van der Waals surface area contributed by atoms with E-state index in [9.17, 15) is 4.79 Å². The molecule has 1 N–H and O–H groups in total. The number of rotatable bonds is 2. The van der Waals surface area contributed by atoms with Crippen molar-refractivity contribution in [1.29, 1.82) is 0 Å². The van der Waals surface area contributed by atoms with Crippen LogP contribution in [0.3, 0.4) is 0 Å². The number of aryl methyl sites for hydroxylation is 1. The molecule has 1 amide bonds. The molecular weight excluding hydrogens is 264 g/mol. The summed E-state index contributed by atoms with van der Waals surface area (Å²) in [6, 6.07) is 2.23. The van der Waals surface area contributed by atoms with Gasteiger partial charge in [-0.05, 0) is 57.7 Å². The molecule has 4 nitrogen and oxygen atoms in total. The summed E-state index contributed by atoms with van der Waals surface area (Å²) < 4.78 is 5.33. The Bertz CT molecular complexity index is 477. The van der Waals surface area contributed by atoms with E-state index >= 15 is 0 Å². The Morgan fingerprint density at radius 1 is 1.24 bits per heavy atom. The third-order valence-electron chi connectivity index (χ3n) is 5.08. The minimum Gasteiger partial charge on any atom is -0.469 e. The van der Waals surface area contributed by atoms with Gasteiger partial charge in [0.1, 0.15) is 5.76 Å². The second-order valence-electron chi connectivity index (χ2n) is 6.39. The average molecular weight is 290 g/mol. The summed E-state index contributed by atoms with van der Waals surface area (Å²) in [5, 5.41) is 3.43. The highest BCUT2D eigenvalue weighted by Crippen LogP contribution is 2.30. The number of carbonyl (C=O) groups excluding carboxylic acids is 1. The zero-order chi connectivity index (χ0) is 14.7. The molecule has 1 aromatic heterocycles. The molecule has 2 fully saturated rings. The van der Waals surface area contributed by atoms with Gasteiger partial charge in [0.25, 0.3) is 5.91 Å². The second kappa shape index (κ2) is 6.65. The topological polar surface area (TPSA) is 45.5 Å². The first-order valence-corrected chi connectivity index (χ1v) is 8.33. The lowest BCUT2D eigenvalue weighted by Gasteiger charge is -2.38. The predicted octanol–water partition coefficient (Wildman–Crippen LogP) is 2.97. The van der Waals surface area contributed by atoms with E-state index in [0.717, 1.165) is 43.8 Å². The zero-order valence-electron chi connectivity index (χ0n) is 12.9. The second-order valence-corrected chi connectivity index (χ2v) is 6.39. The molecule has 0 spiro atoms. The molecule has 0 radical (unpaired) electrons. The van der Waals surface area contributed by atoms with Gasteiger partial charge < -0.3 is 14.6 Å². The molecule has 0 bridgehead atoms. The Morgan fingerprint density at radius 2 is 2.05 bits per heavy atom. The van der Waals surface area contributed by atoms with Crippen molar-refractivity contribution in [1.82, 2.24) is 10.2 Å². The molecule has 1 aromatic rings. The summed E-state index contributed by atoms with van der Waals surface area (Å²) >= 11 is 0. The molecule has 2 saturated heterocycles. The molecule has 2 aliphatic rings. The van der Waals surface area contributed by atoms with E-state index in [0.29, 0.717) is 12.0 Å². The number of hydrogen-bond acceptors (Lipinski definition) is 3. The number of carbonyl (C=O) groups is 1. The molecule has 0 aromatic carbocycles. The van der Waals surface area contributed by atoms with Gasteiger partial charge in [-0.15, -0.1) is 0 Å². The van der Waals surface area contributed by atoms with Crippen molar-refractivity contribution < 1.29 is 9.21 Å². The number of nitrogens with zero attached hydrogens (tertiary/aromatic N) is 1. The Labute approximate surface area is 126 Å². The predicted molar refractivity (Wildman–Crippen MR) is 82.3 cm³/mol. The number of nitrogens with one attached hydrogen (secondary N) is 1. The van der Waals surface area contributed by atoms with E-state index in [2.05, 4.69) is 10.2 Å². The van der Waals surface area contributed by atoms with Crippen molar-refractivity contribution in [2.75, 3.05) is 19.6 Å². The molecule has 0 saturated carbocycles. The highest BCUT2D eigenvalue weighted by molar-refractivity contribution is 5.95. The fourth-order valence-electron chi connectivity index (χ4n) is 3.87. The van der Waals surface area contributed by atoms with Crippen LogP contribution in [0.5, 0.6) is 0 Å². The van der Waals surface area contributed by atoms with Gasteiger partial charge >= 0.3 is 0 Å². The normalized spacial score (nSPS) is 24.8. The van der Waals surface area contributed by atoms with Crippen LogP contribution in [0.1, 0.15) is 54.6 Å². The first-order chi connectivity index (χ1) is 10.3. The Balaban J connectivity index is 1.81. The van der Waals surface area contributed by atoms with Crippen LogP contribution < -0.4 is 5.32 Å². The fraction of sp³-hybridized carbons (Fsp3) is 0.706. The van der Waals surface area contributed by atoms with E-state index in [1.807, 2.05) is 13.0 Å². The number of likely N-dealkylation sites (tertiary alicyclic amines) is 1. The summed E-state index contributed by atoms with van der Waals surface area (Å²) in [6.45, 7) is 4.96. The van der Waals surface area contributed by atoms with E-state index < -0.39 is 0 Å². The summed E-state index contributed by atoms with van der Waals surface area (Å²) in [6.07, 6.45) is 8.80. The van der Waals surface area contributed by atoms with Gasteiger partial charge in [-0.25, -0.2) is 0 Å². The Morgan fingerprint density at radius 3 is 2.76 bits per heavy atom. The molecule has 2 aliphatic heterocycles. The van der Waals surface area contributed by atoms with Gasteiger partial charge in [0.2, 0.25) is 0 Å². The summed E-state index contributed by atoms with van der Waals surface area (Å²) in [5.74, 6) is 1.57. The van der Waals surface area contributed by atoms with Crippen LogP contribution in [0.25, 0.3) is 0 Å². The zero-order valence-corrected chi connectivity index (χ0v) is 12.9. The molecule has 1 unspecified atom stereocenters. The van der Waals surface area contributed by atoms with Gasteiger partial charge in [0.15, 0.2) is 0 Å². The molecular formula is C17H26N2O2. The van der Waals surface area contributed by atoms with Crippen LogP contribution >= 0.6 is 0 Å². The van der Waals surface area contributed by atoms with Crippen LogP contribution in [0.4, 0.5) is 0 Å². The van der Waals surface area contributed by atoms with Gasteiger partial charge in [-0.2, -0.15) is 0 Å². The summed E-state index contributed by atoms with van der Waals surface area (Å²) in [7, 11) is 0. The van der Waals surface area contributed by atoms with Crippen molar-refractivity contribution in [3.63, 3.8) is 0 Å². The maximum absolute atomic E-state index is 12.9. The van der Waals surface area contributed by atoms with E-state index in [4.69, 9.17) is 4.42 Å². The highest BCUT2D eigenvalue weighted by atomic mass is 16.3. The smallest absolute Gasteiger partial charge is 0.257 e. The minimum absolute atomic E-state index is 0.173. The van der Waals surface area contributed by atoms with Crippen molar-refractivity contribution in [3.05, 3.63) is 23.7 Å². The number of hydrogen-bond donors (Lipinski definition) is 1. The largest absolute Gasteiger partial charge is 0.469 e.